The second-order valence-electron chi connectivity index (χ2n) is 4.67. The quantitative estimate of drug-likeness (QED) is 0.668. The van der Waals surface area contributed by atoms with Gasteiger partial charge in [-0.1, -0.05) is 0 Å². The molecule has 112 valence electrons. The molecule has 2 rings (SSSR count). The fraction of sp³-hybridized carbons (Fsp3) is 0.636. The standard InChI is InChI=1S/C11H15F2N3O4/c1-5(12)11(4-17)8(18)7(13)9(20-11)16-3-2-6(14)15-10(16)19/h2-3,5,7-9,17-18H,4H2,1H3,(H2,14,15,19)/t5-,7+,8-,9+,11-/m0/s1. The molecule has 0 aliphatic carbocycles. The third kappa shape index (κ3) is 2.07. The summed E-state index contributed by atoms with van der Waals surface area (Å²) < 4.78 is 33.6. The molecule has 20 heavy (non-hydrogen) atoms. The molecule has 7 nitrogen and oxygen atoms in total. The van der Waals surface area contributed by atoms with Gasteiger partial charge in [-0.2, -0.15) is 4.98 Å². The van der Waals surface area contributed by atoms with Crippen LogP contribution in [0.4, 0.5) is 14.6 Å². The lowest BCUT2D eigenvalue weighted by Gasteiger charge is -2.30. The number of nitrogens with zero attached hydrogens (tertiary/aromatic N) is 2. The van der Waals surface area contributed by atoms with Crippen LogP contribution in [-0.2, 0) is 4.74 Å². The number of aliphatic hydroxyl groups excluding tert-OH is 2. The first-order valence-corrected chi connectivity index (χ1v) is 5.93. The molecule has 1 aromatic heterocycles. The minimum Gasteiger partial charge on any atom is -0.393 e. The van der Waals surface area contributed by atoms with Crippen molar-refractivity contribution in [3.63, 3.8) is 0 Å². The fourth-order valence-electron chi connectivity index (χ4n) is 2.20. The van der Waals surface area contributed by atoms with Gasteiger partial charge in [-0.25, -0.2) is 13.6 Å². The molecule has 1 fully saturated rings. The number of ether oxygens (including phenoxy) is 1. The Bertz CT molecular complexity index is 553. The van der Waals surface area contributed by atoms with Gasteiger partial charge in [-0.3, -0.25) is 4.57 Å². The lowest BCUT2D eigenvalue weighted by Crippen LogP contribution is -2.52. The van der Waals surface area contributed by atoms with Crippen LogP contribution in [0.5, 0.6) is 0 Å². The molecule has 1 aromatic rings. The summed E-state index contributed by atoms with van der Waals surface area (Å²) in [4.78, 5) is 15.0. The SMILES string of the molecule is C[C@H](F)[C@]1(CO)O[C@@H](n2ccc(N)nc2=O)[C@H](F)[C@@H]1O. The van der Waals surface area contributed by atoms with Gasteiger partial charge in [0, 0.05) is 6.20 Å². The van der Waals surface area contributed by atoms with Crippen molar-refractivity contribution >= 4 is 5.82 Å². The van der Waals surface area contributed by atoms with Crippen molar-refractivity contribution < 1.29 is 23.7 Å². The van der Waals surface area contributed by atoms with Gasteiger partial charge in [0.15, 0.2) is 18.0 Å². The van der Waals surface area contributed by atoms with Crippen LogP contribution >= 0.6 is 0 Å². The van der Waals surface area contributed by atoms with Crippen molar-refractivity contribution in [1.82, 2.24) is 9.55 Å². The minimum absolute atomic E-state index is 0.0625. The molecule has 0 unspecified atom stereocenters. The summed E-state index contributed by atoms with van der Waals surface area (Å²) in [6, 6.07) is 1.24. The molecule has 1 aliphatic rings. The number of alkyl halides is 2. The highest BCUT2D eigenvalue weighted by molar-refractivity contribution is 5.23. The molecule has 9 heteroatoms. The van der Waals surface area contributed by atoms with Gasteiger partial charge in [-0.05, 0) is 13.0 Å². The Kier molecular flexibility index (Phi) is 3.76. The van der Waals surface area contributed by atoms with E-state index < -0.39 is 42.6 Å². The maximum Gasteiger partial charge on any atom is 0.351 e. The van der Waals surface area contributed by atoms with E-state index >= 15 is 0 Å². The van der Waals surface area contributed by atoms with E-state index in [1.54, 1.807) is 0 Å². The number of aromatic nitrogens is 2. The summed E-state index contributed by atoms with van der Waals surface area (Å²) >= 11 is 0. The van der Waals surface area contributed by atoms with Gasteiger partial charge in [-0.15, -0.1) is 0 Å². The van der Waals surface area contributed by atoms with Gasteiger partial charge >= 0.3 is 5.69 Å². The first kappa shape index (κ1) is 14.8. The Morgan fingerprint density at radius 2 is 2.35 bits per heavy atom. The number of rotatable bonds is 3. The topological polar surface area (TPSA) is 111 Å². The number of nitrogens with two attached hydrogens (primary N) is 1. The molecule has 0 amide bonds. The van der Waals surface area contributed by atoms with E-state index in [4.69, 9.17) is 10.5 Å². The maximum absolute atomic E-state index is 14.1. The summed E-state index contributed by atoms with van der Waals surface area (Å²) in [6.45, 7) is 0.0957. The van der Waals surface area contributed by atoms with E-state index in [1.165, 1.54) is 6.07 Å². The Morgan fingerprint density at radius 3 is 2.80 bits per heavy atom. The Hall–Kier alpha value is -1.58. The average molecular weight is 291 g/mol. The predicted molar refractivity (Wildman–Crippen MR) is 64.3 cm³/mol. The van der Waals surface area contributed by atoms with Crippen molar-refractivity contribution in [1.29, 1.82) is 0 Å². The predicted octanol–water partition coefficient (Wildman–Crippen LogP) is -0.858. The first-order chi connectivity index (χ1) is 9.33. The highest BCUT2D eigenvalue weighted by Crippen LogP contribution is 2.41. The second kappa shape index (κ2) is 5.08. The van der Waals surface area contributed by atoms with Crippen LogP contribution in [-0.4, -0.2) is 50.4 Å². The van der Waals surface area contributed by atoms with Crippen molar-refractivity contribution in [2.75, 3.05) is 12.3 Å². The number of aliphatic hydroxyl groups is 2. The van der Waals surface area contributed by atoms with Crippen LogP contribution in [0.1, 0.15) is 13.2 Å². The zero-order chi connectivity index (χ0) is 15.1. The molecule has 0 bridgehead atoms. The monoisotopic (exact) mass is 291 g/mol. The number of hydrogen-bond donors (Lipinski definition) is 3. The molecule has 4 N–H and O–H groups in total. The van der Waals surface area contributed by atoms with Crippen LogP contribution in [0.2, 0.25) is 0 Å². The van der Waals surface area contributed by atoms with E-state index in [2.05, 4.69) is 4.98 Å². The summed E-state index contributed by atoms with van der Waals surface area (Å²) in [5.41, 5.74) is 2.29. The normalized spacial score (nSPS) is 35.1. The molecule has 2 heterocycles. The largest absolute Gasteiger partial charge is 0.393 e. The van der Waals surface area contributed by atoms with Gasteiger partial charge in [0.1, 0.15) is 18.1 Å². The van der Waals surface area contributed by atoms with Crippen LogP contribution in [0.25, 0.3) is 0 Å². The molecule has 0 spiro atoms. The third-order valence-electron chi connectivity index (χ3n) is 3.46. The van der Waals surface area contributed by atoms with Crippen LogP contribution in [0.15, 0.2) is 17.1 Å². The first-order valence-electron chi connectivity index (χ1n) is 5.93. The fourth-order valence-corrected chi connectivity index (χ4v) is 2.20. The van der Waals surface area contributed by atoms with Crippen LogP contribution in [0.3, 0.4) is 0 Å². The molecular weight excluding hydrogens is 276 g/mol. The lowest BCUT2D eigenvalue weighted by atomic mass is 9.92. The number of anilines is 1. The van der Waals surface area contributed by atoms with Crippen molar-refractivity contribution in [2.45, 2.75) is 37.2 Å². The summed E-state index contributed by atoms with van der Waals surface area (Å²) in [5, 5.41) is 19.0. The van der Waals surface area contributed by atoms with E-state index in [1.807, 2.05) is 0 Å². The van der Waals surface area contributed by atoms with Gasteiger partial charge < -0.3 is 20.7 Å². The highest BCUT2D eigenvalue weighted by atomic mass is 19.1. The molecular formula is C11H15F2N3O4. The van der Waals surface area contributed by atoms with Crippen molar-refractivity contribution in [3.8, 4) is 0 Å². The smallest absolute Gasteiger partial charge is 0.351 e. The van der Waals surface area contributed by atoms with Crippen molar-refractivity contribution in [2.24, 2.45) is 0 Å². The molecule has 0 radical (unpaired) electrons. The molecule has 5 atom stereocenters. The van der Waals surface area contributed by atoms with Crippen LogP contribution in [0, 0.1) is 0 Å². The highest BCUT2D eigenvalue weighted by Gasteiger charge is 2.59. The maximum atomic E-state index is 14.1. The molecule has 1 saturated heterocycles. The summed E-state index contributed by atoms with van der Waals surface area (Å²) in [5.74, 6) is -0.0625. The Balaban J connectivity index is 2.42. The van der Waals surface area contributed by atoms with Crippen LogP contribution < -0.4 is 11.4 Å². The summed E-state index contributed by atoms with van der Waals surface area (Å²) in [7, 11) is 0. The van der Waals surface area contributed by atoms with Crippen molar-refractivity contribution in [3.05, 3.63) is 22.7 Å². The van der Waals surface area contributed by atoms with Gasteiger partial charge in [0.05, 0.1) is 6.61 Å². The van der Waals surface area contributed by atoms with Gasteiger partial charge in [0.2, 0.25) is 0 Å². The number of hydrogen-bond acceptors (Lipinski definition) is 6. The van der Waals surface area contributed by atoms with E-state index in [9.17, 15) is 23.8 Å². The Labute approximate surface area is 112 Å². The zero-order valence-electron chi connectivity index (χ0n) is 10.6. The lowest BCUT2D eigenvalue weighted by molar-refractivity contribution is -0.161. The van der Waals surface area contributed by atoms with E-state index in [0.717, 1.165) is 17.7 Å². The average Bonchev–Trinajstić information content (AvgIpc) is 2.64. The number of halogens is 2. The van der Waals surface area contributed by atoms with E-state index in [-0.39, 0.29) is 5.82 Å². The molecule has 1 aliphatic heterocycles. The minimum atomic E-state index is -2.12. The number of nitrogen functional groups attached to an aromatic ring is 1. The summed E-state index contributed by atoms with van der Waals surface area (Å²) in [6.07, 6.45) is -6.31. The Morgan fingerprint density at radius 1 is 1.70 bits per heavy atom. The third-order valence-corrected chi connectivity index (χ3v) is 3.46. The van der Waals surface area contributed by atoms with Gasteiger partial charge in [0.25, 0.3) is 0 Å². The molecule has 0 saturated carbocycles. The zero-order valence-corrected chi connectivity index (χ0v) is 10.6. The van der Waals surface area contributed by atoms with E-state index in [0.29, 0.717) is 0 Å². The molecule has 0 aromatic carbocycles. The second-order valence-corrected chi connectivity index (χ2v) is 4.67.